The van der Waals surface area contributed by atoms with Gasteiger partial charge in [-0.3, -0.25) is 9.59 Å². The van der Waals surface area contributed by atoms with Gasteiger partial charge < -0.3 is 30.7 Å². The van der Waals surface area contributed by atoms with Crippen molar-refractivity contribution < 1.29 is 28.7 Å². The number of carbonyl (C=O) groups excluding carboxylic acids is 4. The van der Waals surface area contributed by atoms with E-state index in [1.165, 1.54) is 40.2 Å². The SMILES string of the molecule is COC(=O)[C@H](C)NC(=O)c1cc(Nc2ccccc2)c(C(=O)N[C@@H](C)C(=O)OC)cc1Nc1ccccc1. The third kappa shape index (κ3) is 7.10. The molecule has 0 aromatic heterocycles. The molecule has 4 N–H and O–H groups in total. The first-order valence-corrected chi connectivity index (χ1v) is 11.8. The van der Waals surface area contributed by atoms with E-state index < -0.39 is 35.8 Å². The van der Waals surface area contributed by atoms with Crippen LogP contribution in [0.4, 0.5) is 22.7 Å². The van der Waals surface area contributed by atoms with E-state index in [2.05, 4.69) is 21.3 Å². The van der Waals surface area contributed by atoms with Crippen molar-refractivity contribution in [3.63, 3.8) is 0 Å². The van der Waals surface area contributed by atoms with Gasteiger partial charge in [0.2, 0.25) is 0 Å². The predicted molar refractivity (Wildman–Crippen MR) is 144 cm³/mol. The summed E-state index contributed by atoms with van der Waals surface area (Å²) in [7, 11) is 2.47. The van der Waals surface area contributed by atoms with Gasteiger partial charge in [0.05, 0.1) is 36.7 Å². The number of ether oxygens (including phenoxy) is 2. The van der Waals surface area contributed by atoms with Gasteiger partial charge in [0.25, 0.3) is 11.8 Å². The minimum atomic E-state index is -0.911. The Morgan fingerprint density at radius 2 is 0.947 bits per heavy atom. The standard InChI is InChI=1S/C28H30N4O6/c1-17(27(35)37-3)29-25(33)21-15-24(32-20-13-9-6-10-14-20)22(26(34)30-18(2)28(36)38-4)16-23(21)31-19-11-7-5-8-12-19/h5-18,31-32H,1-4H3,(H,29,33)(H,30,34)/t17-,18-/m0/s1. The van der Waals surface area contributed by atoms with E-state index in [1.54, 1.807) is 24.3 Å². The van der Waals surface area contributed by atoms with E-state index in [4.69, 9.17) is 9.47 Å². The molecule has 0 saturated carbocycles. The molecule has 0 aliphatic carbocycles. The van der Waals surface area contributed by atoms with Crippen molar-refractivity contribution >= 4 is 46.5 Å². The summed E-state index contributed by atoms with van der Waals surface area (Å²) >= 11 is 0. The first-order valence-electron chi connectivity index (χ1n) is 11.8. The van der Waals surface area contributed by atoms with Crippen LogP contribution in [-0.2, 0) is 19.1 Å². The fraction of sp³-hybridized carbons (Fsp3) is 0.214. The Hall–Kier alpha value is -4.86. The van der Waals surface area contributed by atoms with Crippen LogP contribution in [0.3, 0.4) is 0 Å². The average Bonchev–Trinajstić information content (AvgIpc) is 2.93. The second-order valence-electron chi connectivity index (χ2n) is 8.36. The Morgan fingerprint density at radius 3 is 1.26 bits per heavy atom. The number of benzene rings is 3. The minimum Gasteiger partial charge on any atom is -0.467 e. The van der Waals surface area contributed by atoms with Crippen LogP contribution < -0.4 is 21.3 Å². The van der Waals surface area contributed by atoms with Crippen LogP contribution in [0.1, 0.15) is 34.6 Å². The third-order valence-electron chi connectivity index (χ3n) is 5.56. The molecular formula is C28H30N4O6. The highest BCUT2D eigenvalue weighted by molar-refractivity contribution is 6.08. The summed E-state index contributed by atoms with van der Waals surface area (Å²) in [6, 6.07) is 19.4. The van der Waals surface area contributed by atoms with Crippen molar-refractivity contribution in [3.05, 3.63) is 83.9 Å². The van der Waals surface area contributed by atoms with Gasteiger partial charge in [-0.1, -0.05) is 36.4 Å². The van der Waals surface area contributed by atoms with Gasteiger partial charge in [0.15, 0.2) is 0 Å². The van der Waals surface area contributed by atoms with Crippen LogP contribution in [0.25, 0.3) is 0 Å². The minimum absolute atomic E-state index is 0.167. The molecule has 0 aliphatic rings. The molecule has 10 heteroatoms. The van der Waals surface area contributed by atoms with E-state index in [-0.39, 0.29) is 11.1 Å². The molecule has 10 nitrogen and oxygen atoms in total. The summed E-state index contributed by atoms with van der Waals surface area (Å²) in [5.41, 5.74) is 2.28. The van der Waals surface area contributed by atoms with Gasteiger partial charge in [-0.15, -0.1) is 0 Å². The number of rotatable bonds is 10. The van der Waals surface area contributed by atoms with E-state index in [9.17, 15) is 19.2 Å². The lowest BCUT2D eigenvalue weighted by Gasteiger charge is -2.20. The summed E-state index contributed by atoms with van der Waals surface area (Å²) in [5.74, 6) is -2.34. The molecule has 2 amide bonds. The summed E-state index contributed by atoms with van der Waals surface area (Å²) in [4.78, 5) is 50.5. The molecule has 0 unspecified atom stereocenters. The molecule has 38 heavy (non-hydrogen) atoms. The summed E-state index contributed by atoms with van der Waals surface area (Å²) in [6.07, 6.45) is 0. The van der Waals surface area contributed by atoms with Crippen molar-refractivity contribution in [2.24, 2.45) is 0 Å². The number of hydrogen-bond acceptors (Lipinski definition) is 8. The molecule has 3 aromatic rings. The summed E-state index contributed by atoms with van der Waals surface area (Å²) < 4.78 is 9.44. The van der Waals surface area contributed by atoms with Crippen molar-refractivity contribution in [2.45, 2.75) is 25.9 Å². The van der Waals surface area contributed by atoms with E-state index in [0.717, 1.165) is 0 Å². The van der Waals surface area contributed by atoms with Crippen LogP contribution in [0.15, 0.2) is 72.8 Å². The Bertz CT molecular complexity index is 1200. The van der Waals surface area contributed by atoms with E-state index in [1.807, 2.05) is 36.4 Å². The second-order valence-corrected chi connectivity index (χ2v) is 8.36. The molecule has 3 aromatic carbocycles. The van der Waals surface area contributed by atoms with Crippen molar-refractivity contribution in [2.75, 3.05) is 24.9 Å². The van der Waals surface area contributed by atoms with Gasteiger partial charge in [0.1, 0.15) is 12.1 Å². The topological polar surface area (TPSA) is 135 Å². The van der Waals surface area contributed by atoms with Gasteiger partial charge in [-0.05, 0) is 50.2 Å². The van der Waals surface area contributed by atoms with Crippen molar-refractivity contribution in [1.82, 2.24) is 10.6 Å². The highest BCUT2D eigenvalue weighted by atomic mass is 16.5. The van der Waals surface area contributed by atoms with Gasteiger partial charge in [-0.2, -0.15) is 0 Å². The van der Waals surface area contributed by atoms with Gasteiger partial charge >= 0.3 is 11.9 Å². The fourth-order valence-corrected chi connectivity index (χ4v) is 3.56. The average molecular weight is 519 g/mol. The molecule has 198 valence electrons. The number of methoxy groups -OCH3 is 2. The van der Waals surface area contributed by atoms with Crippen LogP contribution in [0.2, 0.25) is 0 Å². The molecule has 0 spiro atoms. The third-order valence-corrected chi connectivity index (χ3v) is 5.56. The normalized spacial score (nSPS) is 11.9. The number of amides is 2. The Morgan fingerprint density at radius 1 is 0.605 bits per heavy atom. The number of hydrogen-bond donors (Lipinski definition) is 4. The van der Waals surface area contributed by atoms with Crippen LogP contribution in [0, 0.1) is 0 Å². The number of para-hydroxylation sites is 2. The lowest BCUT2D eigenvalue weighted by Crippen LogP contribution is -2.40. The predicted octanol–water partition coefficient (Wildman–Crippen LogP) is 3.76. The summed E-state index contributed by atoms with van der Waals surface area (Å²) in [5, 5.41) is 11.6. The lowest BCUT2D eigenvalue weighted by molar-refractivity contribution is -0.143. The number of nitrogens with one attached hydrogen (secondary N) is 4. The molecule has 2 atom stereocenters. The van der Waals surface area contributed by atoms with Crippen LogP contribution >= 0.6 is 0 Å². The number of esters is 2. The fourth-order valence-electron chi connectivity index (χ4n) is 3.56. The quantitative estimate of drug-likeness (QED) is 0.298. The molecule has 0 aliphatic heterocycles. The smallest absolute Gasteiger partial charge is 0.328 e. The maximum Gasteiger partial charge on any atom is 0.328 e. The summed E-state index contributed by atoms with van der Waals surface area (Å²) in [6.45, 7) is 3.01. The Kier molecular flexibility index (Phi) is 9.42. The second kappa shape index (κ2) is 12.9. The molecule has 0 saturated heterocycles. The Labute approximate surface area is 220 Å². The number of anilines is 4. The highest BCUT2D eigenvalue weighted by Crippen LogP contribution is 2.30. The maximum atomic E-state index is 13.3. The van der Waals surface area contributed by atoms with Gasteiger partial charge in [0, 0.05) is 11.4 Å². The van der Waals surface area contributed by atoms with Crippen molar-refractivity contribution in [1.29, 1.82) is 0 Å². The maximum absolute atomic E-state index is 13.3. The zero-order chi connectivity index (χ0) is 27.7. The van der Waals surface area contributed by atoms with Gasteiger partial charge in [-0.25, -0.2) is 9.59 Å². The Balaban J connectivity index is 2.12. The molecule has 3 rings (SSSR count). The first-order chi connectivity index (χ1) is 18.2. The van der Waals surface area contributed by atoms with E-state index >= 15 is 0 Å². The van der Waals surface area contributed by atoms with E-state index in [0.29, 0.717) is 22.7 Å². The lowest BCUT2D eigenvalue weighted by atomic mass is 10.0. The van der Waals surface area contributed by atoms with Crippen LogP contribution in [0.5, 0.6) is 0 Å². The zero-order valence-corrected chi connectivity index (χ0v) is 21.5. The molecule has 0 radical (unpaired) electrons. The zero-order valence-electron chi connectivity index (χ0n) is 21.5. The molecule has 0 heterocycles. The first kappa shape index (κ1) is 27.7. The van der Waals surface area contributed by atoms with Crippen LogP contribution in [-0.4, -0.2) is 50.1 Å². The molecule has 0 bridgehead atoms. The van der Waals surface area contributed by atoms with Crippen molar-refractivity contribution in [3.8, 4) is 0 Å². The number of carbonyl (C=O) groups is 4. The highest BCUT2D eigenvalue weighted by Gasteiger charge is 2.25. The largest absolute Gasteiger partial charge is 0.467 e. The molecular weight excluding hydrogens is 488 g/mol. The molecule has 0 fully saturated rings. The monoisotopic (exact) mass is 518 g/mol.